The number of rotatable bonds is 3. The molecule has 1 aliphatic rings. The van der Waals surface area contributed by atoms with Crippen LogP contribution in [0.2, 0.25) is 0 Å². The Morgan fingerprint density at radius 1 is 1.47 bits per heavy atom. The van der Waals surface area contributed by atoms with E-state index in [2.05, 4.69) is 10.1 Å². The average molecular weight is 229 g/mol. The van der Waals surface area contributed by atoms with Crippen molar-refractivity contribution >= 4 is 5.97 Å². The van der Waals surface area contributed by atoms with E-state index in [0.29, 0.717) is 11.7 Å². The third-order valence-corrected chi connectivity index (χ3v) is 2.88. The van der Waals surface area contributed by atoms with Crippen LogP contribution in [0, 0.1) is 0 Å². The second-order valence-electron chi connectivity index (χ2n) is 4.20. The topological polar surface area (TPSA) is 68.0 Å². The fourth-order valence-corrected chi connectivity index (χ4v) is 1.77. The lowest BCUT2D eigenvalue weighted by atomic mass is 10.2. The van der Waals surface area contributed by atoms with Gasteiger partial charge >= 0.3 is 5.97 Å². The number of hydrogen-bond acceptors (Lipinski definition) is 3. The van der Waals surface area contributed by atoms with Crippen LogP contribution in [0.1, 0.15) is 34.7 Å². The van der Waals surface area contributed by atoms with Gasteiger partial charge in [0, 0.05) is 12.4 Å². The van der Waals surface area contributed by atoms with E-state index in [4.69, 9.17) is 5.11 Å². The molecule has 0 spiro atoms. The first kappa shape index (κ1) is 10.0. The molecule has 3 rings (SSSR count). The zero-order valence-corrected chi connectivity index (χ0v) is 9.08. The van der Waals surface area contributed by atoms with Crippen LogP contribution in [0.5, 0.6) is 0 Å². The molecule has 17 heavy (non-hydrogen) atoms. The van der Waals surface area contributed by atoms with Crippen LogP contribution in [0.4, 0.5) is 0 Å². The van der Waals surface area contributed by atoms with Crippen LogP contribution >= 0.6 is 0 Å². The number of nitrogens with zero attached hydrogens (tertiary/aromatic N) is 3. The highest BCUT2D eigenvalue weighted by molar-refractivity contribution is 5.87. The van der Waals surface area contributed by atoms with Gasteiger partial charge in [-0.15, -0.1) is 0 Å². The van der Waals surface area contributed by atoms with E-state index in [1.807, 2.05) is 12.4 Å². The SMILES string of the molecule is O=C(O)c1ccnc(-n2cc(C3CC3)cn2)c1. The fraction of sp³-hybridized carbons (Fsp3) is 0.250. The quantitative estimate of drug-likeness (QED) is 0.872. The summed E-state index contributed by atoms with van der Waals surface area (Å²) in [6.45, 7) is 0. The molecule has 0 atom stereocenters. The molecule has 0 aliphatic heterocycles. The van der Waals surface area contributed by atoms with Crippen molar-refractivity contribution in [3.63, 3.8) is 0 Å². The van der Waals surface area contributed by atoms with Gasteiger partial charge in [-0.1, -0.05) is 0 Å². The van der Waals surface area contributed by atoms with Crippen molar-refractivity contribution in [1.29, 1.82) is 0 Å². The lowest BCUT2D eigenvalue weighted by molar-refractivity contribution is 0.0696. The van der Waals surface area contributed by atoms with Crippen LogP contribution in [-0.4, -0.2) is 25.8 Å². The normalized spacial score (nSPS) is 14.8. The highest BCUT2D eigenvalue weighted by Gasteiger charge is 2.25. The molecule has 2 aromatic rings. The van der Waals surface area contributed by atoms with Gasteiger partial charge in [0.1, 0.15) is 0 Å². The number of pyridine rings is 1. The predicted molar refractivity (Wildman–Crippen MR) is 60.3 cm³/mol. The summed E-state index contributed by atoms with van der Waals surface area (Å²) in [5.74, 6) is 0.214. The van der Waals surface area contributed by atoms with Crippen molar-refractivity contribution in [3.05, 3.63) is 41.9 Å². The second-order valence-corrected chi connectivity index (χ2v) is 4.20. The molecule has 2 aromatic heterocycles. The van der Waals surface area contributed by atoms with Gasteiger partial charge in [0.15, 0.2) is 5.82 Å². The van der Waals surface area contributed by atoms with Crippen LogP contribution in [0.3, 0.4) is 0 Å². The van der Waals surface area contributed by atoms with E-state index in [9.17, 15) is 4.79 Å². The molecule has 86 valence electrons. The van der Waals surface area contributed by atoms with Gasteiger partial charge < -0.3 is 5.11 Å². The number of aromatic carboxylic acids is 1. The Morgan fingerprint density at radius 2 is 2.29 bits per heavy atom. The molecule has 0 unspecified atom stereocenters. The van der Waals surface area contributed by atoms with E-state index >= 15 is 0 Å². The summed E-state index contributed by atoms with van der Waals surface area (Å²) >= 11 is 0. The molecule has 1 N–H and O–H groups in total. The van der Waals surface area contributed by atoms with E-state index < -0.39 is 5.97 Å². The lowest BCUT2D eigenvalue weighted by Gasteiger charge is -2.00. The lowest BCUT2D eigenvalue weighted by Crippen LogP contribution is -2.02. The Morgan fingerprint density at radius 3 is 3.00 bits per heavy atom. The minimum atomic E-state index is -0.955. The summed E-state index contributed by atoms with van der Waals surface area (Å²) in [4.78, 5) is 15.0. The van der Waals surface area contributed by atoms with E-state index in [1.54, 1.807) is 4.68 Å². The summed E-state index contributed by atoms with van der Waals surface area (Å²) in [6.07, 6.45) is 7.66. The van der Waals surface area contributed by atoms with Crippen molar-refractivity contribution < 1.29 is 9.90 Å². The first-order valence-electron chi connectivity index (χ1n) is 5.48. The summed E-state index contributed by atoms with van der Waals surface area (Å²) in [5, 5.41) is 13.1. The van der Waals surface area contributed by atoms with E-state index in [-0.39, 0.29) is 5.56 Å². The first-order valence-corrected chi connectivity index (χ1v) is 5.48. The summed E-state index contributed by atoms with van der Waals surface area (Å²) in [5.41, 5.74) is 1.42. The first-order chi connectivity index (χ1) is 8.24. The zero-order valence-electron chi connectivity index (χ0n) is 9.08. The Balaban J connectivity index is 1.96. The summed E-state index contributed by atoms with van der Waals surface area (Å²) < 4.78 is 1.63. The molecule has 1 saturated carbocycles. The number of aromatic nitrogens is 3. The Labute approximate surface area is 97.7 Å². The van der Waals surface area contributed by atoms with Gasteiger partial charge in [-0.3, -0.25) is 0 Å². The van der Waals surface area contributed by atoms with Crippen LogP contribution < -0.4 is 0 Å². The van der Waals surface area contributed by atoms with Crippen molar-refractivity contribution in [3.8, 4) is 5.82 Å². The van der Waals surface area contributed by atoms with Crippen molar-refractivity contribution in [2.75, 3.05) is 0 Å². The molecule has 2 heterocycles. The third-order valence-electron chi connectivity index (χ3n) is 2.88. The number of carboxylic acids is 1. The maximum Gasteiger partial charge on any atom is 0.335 e. The largest absolute Gasteiger partial charge is 0.478 e. The molecule has 1 fully saturated rings. The molecular weight excluding hydrogens is 218 g/mol. The summed E-state index contributed by atoms with van der Waals surface area (Å²) in [7, 11) is 0. The van der Waals surface area contributed by atoms with Crippen LogP contribution in [0.15, 0.2) is 30.7 Å². The smallest absolute Gasteiger partial charge is 0.335 e. The number of carbonyl (C=O) groups is 1. The standard InChI is InChI=1S/C12H11N3O2/c16-12(17)9-3-4-13-11(5-9)15-7-10(6-14-15)8-1-2-8/h3-8H,1-2H2,(H,16,17). The van der Waals surface area contributed by atoms with Gasteiger partial charge in [0.25, 0.3) is 0 Å². The molecule has 1 aliphatic carbocycles. The molecule has 0 aromatic carbocycles. The highest BCUT2D eigenvalue weighted by Crippen LogP contribution is 2.39. The number of hydrogen-bond donors (Lipinski definition) is 1. The molecule has 5 heteroatoms. The Bertz CT molecular complexity index is 573. The third kappa shape index (κ3) is 1.91. The number of carboxylic acid groups (broad SMARTS) is 1. The van der Waals surface area contributed by atoms with Gasteiger partial charge in [0.05, 0.1) is 11.8 Å². The fourth-order valence-electron chi connectivity index (χ4n) is 1.77. The highest BCUT2D eigenvalue weighted by atomic mass is 16.4. The Hall–Kier alpha value is -2.17. The van der Waals surface area contributed by atoms with Crippen molar-refractivity contribution in [1.82, 2.24) is 14.8 Å². The van der Waals surface area contributed by atoms with Gasteiger partial charge in [-0.25, -0.2) is 14.5 Å². The molecule has 5 nitrogen and oxygen atoms in total. The van der Waals surface area contributed by atoms with Crippen molar-refractivity contribution in [2.45, 2.75) is 18.8 Å². The maximum atomic E-state index is 10.9. The minimum absolute atomic E-state index is 0.221. The van der Waals surface area contributed by atoms with Crippen LogP contribution in [-0.2, 0) is 0 Å². The molecule has 0 bridgehead atoms. The van der Waals surface area contributed by atoms with Gasteiger partial charge in [0.2, 0.25) is 0 Å². The van der Waals surface area contributed by atoms with Crippen molar-refractivity contribution in [2.24, 2.45) is 0 Å². The summed E-state index contributed by atoms with van der Waals surface area (Å²) in [6, 6.07) is 2.99. The predicted octanol–water partition coefficient (Wildman–Crippen LogP) is 1.84. The molecule has 0 saturated heterocycles. The zero-order chi connectivity index (χ0) is 11.8. The second kappa shape index (κ2) is 3.69. The minimum Gasteiger partial charge on any atom is -0.478 e. The molecular formula is C12H11N3O2. The van der Waals surface area contributed by atoms with E-state index in [0.717, 1.165) is 0 Å². The maximum absolute atomic E-state index is 10.9. The van der Waals surface area contributed by atoms with Gasteiger partial charge in [-0.2, -0.15) is 5.10 Å². The van der Waals surface area contributed by atoms with E-state index in [1.165, 1.54) is 36.7 Å². The molecule has 0 amide bonds. The van der Waals surface area contributed by atoms with Crippen LogP contribution in [0.25, 0.3) is 5.82 Å². The average Bonchev–Trinajstić information content (AvgIpc) is 3.07. The van der Waals surface area contributed by atoms with Gasteiger partial charge in [-0.05, 0) is 36.5 Å². The monoisotopic (exact) mass is 229 g/mol. The Kier molecular flexibility index (Phi) is 2.18. The molecule has 0 radical (unpaired) electrons.